The van der Waals surface area contributed by atoms with Crippen LogP contribution in [-0.2, 0) is 14.3 Å². The Labute approximate surface area is 180 Å². The molecule has 6 nitrogen and oxygen atoms in total. The molecule has 1 aliphatic carbocycles. The van der Waals surface area contributed by atoms with Gasteiger partial charge in [-0.25, -0.2) is 4.79 Å². The quantitative estimate of drug-likeness (QED) is 0.386. The minimum Gasteiger partial charge on any atom is -0.493 e. The Morgan fingerprint density at radius 1 is 1.17 bits per heavy atom. The normalized spacial score (nSPS) is 21.1. The van der Waals surface area contributed by atoms with Crippen LogP contribution in [0.5, 0.6) is 5.75 Å². The highest BCUT2D eigenvalue weighted by Gasteiger charge is 2.42. The number of nitrogens with one attached hydrogen (secondary N) is 1. The molecule has 0 spiro atoms. The van der Waals surface area contributed by atoms with Crippen molar-refractivity contribution in [2.75, 3.05) is 25.1 Å². The largest absolute Gasteiger partial charge is 0.493 e. The van der Waals surface area contributed by atoms with Gasteiger partial charge in [0.2, 0.25) is 0 Å². The molecule has 6 heteroatoms. The second-order valence-corrected chi connectivity index (χ2v) is 8.13. The molecule has 0 bridgehead atoms. The van der Waals surface area contributed by atoms with Crippen molar-refractivity contribution >= 4 is 17.6 Å². The molecule has 30 heavy (non-hydrogen) atoms. The van der Waals surface area contributed by atoms with E-state index in [1.54, 1.807) is 25.1 Å². The summed E-state index contributed by atoms with van der Waals surface area (Å²) < 4.78 is 17.1. The van der Waals surface area contributed by atoms with Gasteiger partial charge in [0.15, 0.2) is 0 Å². The maximum Gasteiger partial charge on any atom is 0.341 e. The molecule has 1 aromatic rings. The molecule has 168 valence electrons. The van der Waals surface area contributed by atoms with Crippen molar-refractivity contribution in [3.63, 3.8) is 0 Å². The molecule has 0 radical (unpaired) electrons. The minimum atomic E-state index is -0.811. The zero-order chi connectivity index (χ0) is 22.0. The number of ether oxygens (including phenoxy) is 3. The lowest BCUT2D eigenvalue weighted by Crippen LogP contribution is -2.48. The van der Waals surface area contributed by atoms with E-state index in [4.69, 9.17) is 14.2 Å². The van der Waals surface area contributed by atoms with Gasteiger partial charge >= 0.3 is 5.97 Å². The van der Waals surface area contributed by atoms with Gasteiger partial charge in [-0.3, -0.25) is 4.79 Å². The van der Waals surface area contributed by atoms with E-state index in [0.717, 1.165) is 32.1 Å². The van der Waals surface area contributed by atoms with Crippen molar-refractivity contribution in [2.24, 2.45) is 5.92 Å². The fourth-order valence-corrected chi connectivity index (χ4v) is 3.88. The molecule has 0 saturated heterocycles. The van der Waals surface area contributed by atoms with Crippen LogP contribution in [0.3, 0.4) is 0 Å². The summed E-state index contributed by atoms with van der Waals surface area (Å²) in [6.07, 6.45) is 6.27. The first-order valence-electron chi connectivity index (χ1n) is 11.3. The van der Waals surface area contributed by atoms with E-state index in [0.29, 0.717) is 49.0 Å². The number of unbranched alkanes of at least 4 members (excludes halogenated alkanes) is 1. The van der Waals surface area contributed by atoms with Crippen LogP contribution < -0.4 is 10.1 Å². The van der Waals surface area contributed by atoms with Gasteiger partial charge in [-0.15, -0.1) is 0 Å². The predicted octanol–water partition coefficient (Wildman–Crippen LogP) is 5.36. The van der Waals surface area contributed by atoms with E-state index in [-0.39, 0.29) is 12.5 Å². The van der Waals surface area contributed by atoms with Crippen LogP contribution in [0.25, 0.3) is 0 Å². The highest BCUT2D eigenvalue weighted by Crippen LogP contribution is 2.36. The van der Waals surface area contributed by atoms with Gasteiger partial charge in [0.05, 0.1) is 13.2 Å². The fraction of sp³-hybridized carbons (Fsp3) is 0.667. The summed E-state index contributed by atoms with van der Waals surface area (Å²) in [6.45, 7) is 9.41. The van der Waals surface area contributed by atoms with Gasteiger partial charge < -0.3 is 19.5 Å². The van der Waals surface area contributed by atoms with Crippen LogP contribution in [0.4, 0.5) is 5.69 Å². The maximum absolute atomic E-state index is 13.3. The summed E-state index contributed by atoms with van der Waals surface area (Å²) in [6, 6.07) is 5.12. The van der Waals surface area contributed by atoms with Gasteiger partial charge in [-0.05, 0) is 63.1 Å². The van der Waals surface area contributed by atoms with Crippen molar-refractivity contribution in [1.82, 2.24) is 0 Å². The van der Waals surface area contributed by atoms with E-state index in [9.17, 15) is 9.59 Å². The Balaban J connectivity index is 2.23. The lowest BCUT2D eigenvalue weighted by molar-refractivity contribution is -0.148. The number of hydrogen-bond donors (Lipinski definition) is 1. The number of anilines is 1. The van der Waals surface area contributed by atoms with Crippen LogP contribution in [-0.4, -0.2) is 37.3 Å². The third-order valence-corrected chi connectivity index (χ3v) is 5.44. The third kappa shape index (κ3) is 6.46. The smallest absolute Gasteiger partial charge is 0.341 e. The molecule has 1 amide bonds. The van der Waals surface area contributed by atoms with Crippen LogP contribution in [0.2, 0.25) is 0 Å². The molecule has 0 aromatic heterocycles. The molecular formula is C24H37NO5. The van der Waals surface area contributed by atoms with Crippen molar-refractivity contribution in [2.45, 2.75) is 78.2 Å². The molecule has 0 unspecified atom stereocenters. The number of benzene rings is 1. The van der Waals surface area contributed by atoms with Gasteiger partial charge in [-0.1, -0.05) is 33.6 Å². The van der Waals surface area contributed by atoms with Gasteiger partial charge in [-0.2, -0.15) is 0 Å². The number of rotatable bonds is 11. The lowest BCUT2D eigenvalue weighted by atomic mass is 9.78. The minimum absolute atomic E-state index is 0.142. The third-order valence-electron chi connectivity index (χ3n) is 5.44. The van der Waals surface area contributed by atoms with E-state index in [2.05, 4.69) is 19.2 Å². The highest BCUT2D eigenvalue weighted by atomic mass is 16.5. The maximum atomic E-state index is 13.3. The Bertz CT molecular complexity index is 705. The molecule has 0 heterocycles. The summed E-state index contributed by atoms with van der Waals surface area (Å²) in [5, 5.41) is 2.99. The monoisotopic (exact) mass is 419 g/mol. The summed E-state index contributed by atoms with van der Waals surface area (Å²) in [5.41, 5.74) is 0.0588. The summed E-state index contributed by atoms with van der Waals surface area (Å²) >= 11 is 0. The van der Waals surface area contributed by atoms with E-state index < -0.39 is 11.6 Å². The average Bonchev–Trinajstić information content (AvgIpc) is 2.73. The number of amides is 1. The van der Waals surface area contributed by atoms with Crippen molar-refractivity contribution < 1.29 is 23.8 Å². The van der Waals surface area contributed by atoms with Gasteiger partial charge in [0, 0.05) is 12.3 Å². The first kappa shape index (κ1) is 24.2. The van der Waals surface area contributed by atoms with Crippen LogP contribution >= 0.6 is 0 Å². The van der Waals surface area contributed by atoms with Crippen molar-refractivity contribution in [3.05, 3.63) is 23.8 Å². The summed E-state index contributed by atoms with van der Waals surface area (Å²) in [5.74, 6) is 0.314. The second kappa shape index (κ2) is 11.9. The Kier molecular flexibility index (Phi) is 9.63. The van der Waals surface area contributed by atoms with Crippen LogP contribution in [0.15, 0.2) is 18.2 Å². The zero-order valence-corrected chi connectivity index (χ0v) is 18.9. The molecule has 0 aliphatic heterocycles. The van der Waals surface area contributed by atoms with Gasteiger partial charge in [0.25, 0.3) is 5.91 Å². The Hall–Kier alpha value is -2.08. The predicted molar refractivity (Wildman–Crippen MR) is 118 cm³/mol. The lowest BCUT2D eigenvalue weighted by Gasteiger charge is -2.38. The highest BCUT2D eigenvalue weighted by molar-refractivity contribution is 5.99. The molecular weight excluding hydrogens is 382 g/mol. The fourth-order valence-electron chi connectivity index (χ4n) is 3.88. The Morgan fingerprint density at radius 3 is 2.63 bits per heavy atom. The molecule has 1 saturated carbocycles. The molecule has 1 N–H and O–H groups in total. The number of esters is 1. The van der Waals surface area contributed by atoms with Crippen LogP contribution in [0.1, 0.15) is 83.0 Å². The van der Waals surface area contributed by atoms with E-state index in [1.165, 1.54) is 0 Å². The van der Waals surface area contributed by atoms with E-state index >= 15 is 0 Å². The standard InChI is InChI=1S/C24H37NO5/c1-5-8-15-29-21-12-11-19(16-20(21)22(26)28-7-3)25-23(27)24(30-14-6-2)13-9-10-18(4)17-24/h11-12,16,18H,5-10,13-15,17H2,1-4H3,(H,25,27)/t18-,24-/m0/s1. The first-order chi connectivity index (χ1) is 14.5. The van der Waals surface area contributed by atoms with E-state index in [1.807, 2.05) is 6.92 Å². The second-order valence-electron chi connectivity index (χ2n) is 8.13. The first-order valence-corrected chi connectivity index (χ1v) is 11.3. The van der Waals surface area contributed by atoms with Crippen molar-refractivity contribution in [1.29, 1.82) is 0 Å². The number of hydrogen-bond acceptors (Lipinski definition) is 5. The van der Waals surface area contributed by atoms with Crippen LogP contribution in [0, 0.1) is 5.92 Å². The molecule has 1 fully saturated rings. The molecule has 1 aromatic carbocycles. The summed E-state index contributed by atoms with van der Waals surface area (Å²) in [7, 11) is 0. The SMILES string of the molecule is CCCCOc1ccc(NC(=O)[C@]2(OCCC)CCC[C@H](C)C2)cc1C(=O)OCC. The molecule has 2 atom stereocenters. The average molecular weight is 420 g/mol. The number of carbonyl (C=O) groups is 2. The van der Waals surface area contributed by atoms with Gasteiger partial charge in [0.1, 0.15) is 16.9 Å². The number of carbonyl (C=O) groups excluding carboxylic acids is 2. The zero-order valence-electron chi connectivity index (χ0n) is 18.9. The van der Waals surface area contributed by atoms with Crippen molar-refractivity contribution in [3.8, 4) is 5.75 Å². The Morgan fingerprint density at radius 2 is 1.97 bits per heavy atom. The summed E-state index contributed by atoms with van der Waals surface area (Å²) in [4.78, 5) is 25.7. The molecule has 2 rings (SSSR count). The topological polar surface area (TPSA) is 73.9 Å². The molecule has 1 aliphatic rings.